The predicted molar refractivity (Wildman–Crippen MR) is 76.1 cm³/mol. The Bertz CT molecular complexity index is 712. The lowest BCUT2D eigenvalue weighted by Gasteiger charge is -2.04. The molecular weight excluding hydrogens is 262 g/mol. The third-order valence-corrected chi connectivity index (χ3v) is 3.08. The highest BCUT2D eigenvalue weighted by Crippen LogP contribution is 2.13. The van der Waals surface area contributed by atoms with Gasteiger partial charge in [-0.25, -0.2) is 4.79 Å². The molecule has 0 aliphatic rings. The summed E-state index contributed by atoms with van der Waals surface area (Å²) in [7, 11) is 1.71. The van der Waals surface area contributed by atoms with Crippen LogP contribution in [0.15, 0.2) is 9.59 Å². The van der Waals surface area contributed by atoms with E-state index in [9.17, 15) is 9.59 Å². The van der Waals surface area contributed by atoms with Crippen molar-refractivity contribution in [3.63, 3.8) is 0 Å². The number of fused-ring (bicyclic) bond motifs is 1. The maximum absolute atomic E-state index is 11.9. The van der Waals surface area contributed by atoms with Crippen molar-refractivity contribution in [2.45, 2.75) is 26.3 Å². The van der Waals surface area contributed by atoms with E-state index in [1.165, 1.54) is 4.57 Å². The molecule has 0 unspecified atom stereocenters. The van der Waals surface area contributed by atoms with Gasteiger partial charge in [0.1, 0.15) is 0 Å². The van der Waals surface area contributed by atoms with Crippen LogP contribution in [0.4, 0.5) is 5.95 Å². The summed E-state index contributed by atoms with van der Waals surface area (Å²) in [6, 6.07) is 0. The number of aryl methyl sites for hydroxylation is 2. The van der Waals surface area contributed by atoms with Crippen molar-refractivity contribution >= 4 is 17.1 Å². The van der Waals surface area contributed by atoms with Gasteiger partial charge in [-0.3, -0.25) is 14.3 Å². The first-order chi connectivity index (χ1) is 9.60. The molecule has 0 saturated heterocycles. The number of nitrogens with one attached hydrogen (secondary N) is 2. The summed E-state index contributed by atoms with van der Waals surface area (Å²) in [4.78, 5) is 30.4. The molecule has 0 aromatic carbocycles. The first-order valence-corrected chi connectivity index (χ1v) is 6.64. The molecule has 0 fully saturated rings. The molecule has 0 saturated carbocycles. The van der Waals surface area contributed by atoms with Crippen LogP contribution in [0.5, 0.6) is 0 Å². The van der Waals surface area contributed by atoms with Crippen LogP contribution in [0.2, 0.25) is 0 Å². The second-order valence-corrected chi connectivity index (χ2v) is 4.58. The maximum Gasteiger partial charge on any atom is 0.330 e. The minimum absolute atomic E-state index is 0.0814. The van der Waals surface area contributed by atoms with Gasteiger partial charge in [-0.05, 0) is 12.8 Å². The summed E-state index contributed by atoms with van der Waals surface area (Å²) in [5.74, 6) is 0.509. The number of aliphatic hydroxyl groups is 1. The van der Waals surface area contributed by atoms with Gasteiger partial charge in [-0.2, -0.15) is 4.98 Å². The van der Waals surface area contributed by atoms with Crippen LogP contribution in [0.25, 0.3) is 11.2 Å². The van der Waals surface area contributed by atoms with E-state index in [4.69, 9.17) is 5.11 Å². The van der Waals surface area contributed by atoms with Crippen LogP contribution in [0, 0.1) is 0 Å². The van der Waals surface area contributed by atoms with Gasteiger partial charge in [0.25, 0.3) is 5.56 Å². The number of aromatic nitrogens is 4. The molecule has 0 atom stereocenters. The van der Waals surface area contributed by atoms with E-state index in [-0.39, 0.29) is 6.61 Å². The Hall–Kier alpha value is -2.09. The molecule has 2 aromatic heterocycles. The highest BCUT2D eigenvalue weighted by molar-refractivity contribution is 5.73. The monoisotopic (exact) mass is 281 g/mol. The van der Waals surface area contributed by atoms with Crippen molar-refractivity contribution in [2.75, 3.05) is 18.5 Å². The average Bonchev–Trinajstić information content (AvgIpc) is 2.73. The first-order valence-electron chi connectivity index (χ1n) is 6.64. The molecule has 8 heteroatoms. The average molecular weight is 281 g/mol. The van der Waals surface area contributed by atoms with Crippen LogP contribution >= 0.6 is 0 Å². The van der Waals surface area contributed by atoms with Gasteiger partial charge in [-0.15, -0.1) is 0 Å². The smallest absolute Gasteiger partial charge is 0.330 e. The molecule has 0 spiro atoms. The number of nitrogens with zero attached hydrogens (tertiary/aromatic N) is 3. The van der Waals surface area contributed by atoms with Crippen LogP contribution in [0.3, 0.4) is 0 Å². The second-order valence-electron chi connectivity index (χ2n) is 4.58. The van der Waals surface area contributed by atoms with E-state index >= 15 is 0 Å². The maximum atomic E-state index is 11.9. The van der Waals surface area contributed by atoms with Gasteiger partial charge in [0.05, 0.1) is 0 Å². The third kappa shape index (κ3) is 2.46. The van der Waals surface area contributed by atoms with E-state index in [2.05, 4.69) is 15.3 Å². The van der Waals surface area contributed by atoms with E-state index in [1.807, 2.05) is 6.92 Å². The largest absolute Gasteiger partial charge is 0.396 e. The van der Waals surface area contributed by atoms with E-state index in [0.29, 0.717) is 36.6 Å². The Kier molecular flexibility index (Phi) is 4.23. The van der Waals surface area contributed by atoms with E-state index < -0.39 is 11.2 Å². The summed E-state index contributed by atoms with van der Waals surface area (Å²) in [6.07, 6.45) is 1.35. The minimum Gasteiger partial charge on any atom is -0.396 e. The first kappa shape index (κ1) is 14.3. The number of imidazole rings is 1. The normalized spacial score (nSPS) is 11.2. The highest BCUT2D eigenvalue weighted by Gasteiger charge is 2.15. The fourth-order valence-corrected chi connectivity index (χ4v) is 2.11. The molecule has 20 heavy (non-hydrogen) atoms. The minimum atomic E-state index is -0.442. The second kappa shape index (κ2) is 5.91. The summed E-state index contributed by atoms with van der Waals surface area (Å²) in [5.41, 5.74) is -0.133. The molecule has 0 aliphatic carbocycles. The molecule has 3 N–H and O–H groups in total. The molecule has 2 aromatic rings. The van der Waals surface area contributed by atoms with Crippen LogP contribution in [-0.2, 0) is 13.6 Å². The lowest BCUT2D eigenvalue weighted by Crippen LogP contribution is -2.30. The lowest BCUT2D eigenvalue weighted by molar-refractivity contribution is 0.292. The fraction of sp³-hybridized carbons (Fsp3) is 0.583. The molecule has 0 aliphatic heterocycles. The Balaban J connectivity index is 2.57. The van der Waals surface area contributed by atoms with Crippen molar-refractivity contribution in [2.24, 2.45) is 7.05 Å². The van der Waals surface area contributed by atoms with Crippen molar-refractivity contribution in [1.82, 2.24) is 19.1 Å². The SMILES string of the molecule is CCCn1c(=O)[nH]c(=O)c2c1nc(NCCCO)n2C. The summed E-state index contributed by atoms with van der Waals surface area (Å²) in [5, 5.41) is 11.8. The van der Waals surface area contributed by atoms with Crippen LogP contribution in [0.1, 0.15) is 19.8 Å². The van der Waals surface area contributed by atoms with Crippen molar-refractivity contribution in [3.8, 4) is 0 Å². The Labute approximate surface area is 115 Å². The number of hydrogen-bond donors (Lipinski definition) is 3. The molecule has 0 radical (unpaired) electrons. The summed E-state index contributed by atoms with van der Waals surface area (Å²) in [6.45, 7) is 3.08. The topological polar surface area (TPSA) is 105 Å². The van der Waals surface area contributed by atoms with Crippen LogP contribution in [-0.4, -0.2) is 37.4 Å². The van der Waals surface area contributed by atoms with Gasteiger partial charge >= 0.3 is 5.69 Å². The zero-order chi connectivity index (χ0) is 14.7. The van der Waals surface area contributed by atoms with Crippen molar-refractivity contribution in [3.05, 3.63) is 20.8 Å². The Morgan fingerprint density at radius 1 is 1.40 bits per heavy atom. The number of aromatic amines is 1. The Morgan fingerprint density at radius 3 is 2.80 bits per heavy atom. The predicted octanol–water partition coefficient (Wildman–Crippen LogP) is -0.372. The number of hydrogen-bond acceptors (Lipinski definition) is 5. The molecule has 110 valence electrons. The molecule has 0 bridgehead atoms. The molecule has 0 amide bonds. The number of H-pyrrole nitrogens is 1. The van der Waals surface area contributed by atoms with Gasteiger partial charge < -0.3 is 15.0 Å². The molecular formula is C12H19N5O3. The fourth-order valence-electron chi connectivity index (χ4n) is 2.11. The third-order valence-electron chi connectivity index (χ3n) is 3.08. The number of rotatable bonds is 6. The van der Waals surface area contributed by atoms with Crippen LogP contribution < -0.4 is 16.6 Å². The van der Waals surface area contributed by atoms with Gasteiger partial charge in [0.2, 0.25) is 5.95 Å². The zero-order valence-electron chi connectivity index (χ0n) is 11.6. The molecule has 8 nitrogen and oxygen atoms in total. The molecule has 2 heterocycles. The standard InChI is InChI=1S/C12H19N5O3/c1-3-6-17-9-8(10(19)15-12(17)20)16(2)11(14-9)13-5-4-7-18/h18H,3-7H2,1-2H3,(H,13,14)(H,15,19,20). The molecule has 2 rings (SSSR count). The lowest BCUT2D eigenvalue weighted by atomic mass is 10.4. The van der Waals surface area contributed by atoms with E-state index in [1.54, 1.807) is 11.6 Å². The van der Waals surface area contributed by atoms with Gasteiger partial charge in [0.15, 0.2) is 11.2 Å². The summed E-state index contributed by atoms with van der Waals surface area (Å²) >= 11 is 0. The summed E-state index contributed by atoms with van der Waals surface area (Å²) < 4.78 is 3.09. The number of aliphatic hydroxyl groups excluding tert-OH is 1. The Morgan fingerprint density at radius 2 is 2.15 bits per heavy atom. The van der Waals surface area contributed by atoms with Gasteiger partial charge in [0, 0.05) is 26.7 Å². The quantitative estimate of drug-likeness (QED) is 0.626. The number of anilines is 1. The highest BCUT2D eigenvalue weighted by atomic mass is 16.3. The zero-order valence-corrected chi connectivity index (χ0v) is 11.6. The van der Waals surface area contributed by atoms with E-state index in [0.717, 1.165) is 6.42 Å². The van der Waals surface area contributed by atoms with Gasteiger partial charge in [-0.1, -0.05) is 6.92 Å². The van der Waals surface area contributed by atoms with Crippen molar-refractivity contribution < 1.29 is 5.11 Å². The van der Waals surface area contributed by atoms with Crippen molar-refractivity contribution in [1.29, 1.82) is 0 Å².